The number of carbonyl (C=O) groups excluding carboxylic acids is 3. The molecule has 0 saturated carbocycles. The van der Waals surface area contributed by atoms with Crippen molar-refractivity contribution in [1.82, 2.24) is 9.97 Å². The van der Waals surface area contributed by atoms with Gasteiger partial charge in [-0.05, 0) is 125 Å². The Labute approximate surface area is 536 Å². The Bertz CT molecular complexity index is 3370. The minimum absolute atomic E-state index is 0.00250. The van der Waals surface area contributed by atoms with Gasteiger partial charge >= 0.3 is 52.8 Å². The lowest BCUT2D eigenvalue weighted by atomic mass is 9.83. The van der Waals surface area contributed by atoms with Crippen LogP contribution in [-0.2, 0) is 63.5 Å². The molecule has 7 N–H and O–H groups in total. The zero-order valence-electron chi connectivity index (χ0n) is 52.6. The minimum Gasteiger partial charge on any atom is -0.512 e. The Hall–Kier alpha value is -8.13. The lowest BCUT2D eigenvalue weighted by Gasteiger charge is -2.35. The van der Waals surface area contributed by atoms with Gasteiger partial charge in [-0.15, -0.1) is 0 Å². The van der Waals surface area contributed by atoms with Gasteiger partial charge in [0, 0.05) is 78.6 Å². The number of aliphatic hydroxyl groups is 3. The summed E-state index contributed by atoms with van der Waals surface area (Å²) < 4.78 is 133. The molecule has 0 fully saturated rings. The Morgan fingerprint density at radius 3 is 1.10 bits per heavy atom. The minimum atomic E-state index is -4.54. The molecule has 0 saturated heterocycles. The number of anilines is 3. The van der Waals surface area contributed by atoms with Crippen molar-refractivity contribution < 1.29 is 87.0 Å². The monoisotopic (exact) mass is 1330 g/mol. The van der Waals surface area contributed by atoms with Crippen LogP contribution in [0.25, 0.3) is 0 Å². The quantitative estimate of drug-likeness (QED) is 0.0154. The smallest absolute Gasteiger partial charge is 0.417 e. The van der Waals surface area contributed by atoms with Crippen LogP contribution in [0.3, 0.4) is 0 Å². The van der Waals surface area contributed by atoms with E-state index < -0.39 is 92.6 Å². The summed E-state index contributed by atoms with van der Waals surface area (Å²) in [5.74, 6) is -2.97. The number of aromatic nitrogens is 2. The average Bonchev–Trinajstić information content (AvgIpc) is 0.807. The van der Waals surface area contributed by atoms with Crippen LogP contribution in [0.1, 0.15) is 185 Å². The van der Waals surface area contributed by atoms with E-state index in [1.807, 2.05) is 72.7 Å². The molecule has 7 unspecified atom stereocenters. The van der Waals surface area contributed by atoms with Gasteiger partial charge in [0.2, 0.25) is 11.8 Å². The van der Waals surface area contributed by atoms with Crippen LogP contribution in [0.2, 0.25) is 0 Å². The summed E-state index contributed by atoms with van der Waals surface area (Å²) in [6, 6.07) is 24.4. The molecule has 18 nitrogen and oxygen atoms in total. The average molecular weight is 1330 g/mol. The van der Waals surface area contributed by atoms with E-state index in [2.05, 4.69) is 19.4 Å². The van der Waals surface area contributed by atoms with E-state index >= 15 is 0 Å². The molecule has 5 heterocycles. The number of nitrogen functional groups attached to an aromatic ring is 1. The number of carbonyl (C=O) groups is 3. The molecule has 0 spiro atoms. The largest absolute Gasteiger partial charge is 0.512 e. The number of pyridine rings is 2. The summed E-state index contributed by atoms with van der Waals surface area (Å²) >= 11 is -4.30. The molecule has 0 aliphatic carbocycles. The summed E-state index contributed by atoms with van der Waals surface area (Å²) in [6.45, 7) is 17.2. The highest BCUT2D eigenvalue weighted by Gasteiger charge is 2.43. The standard InChI is InChI=1S/2C24H27F3N2O5S.C18H25NO3/c2*1-4-11-23(3)13-19(30)21(22(31)33-23)18(5-2)15-7-6-8-17(12-15)29-35(32)34-20-10-9-16(14-28-20)24(25,26)27;1-4-9-18(3)11-15(20)16(17(21)22-18)14(5-2)12-7-6-8-13(19)10-12/h2*6-10,12,14,18,29-30H,4-5,11,13H2,1-3H3;6-8,10,14,20H,4-5,9,11,19H2,1-3H3/t18-,23?,35?;;/m0../s1. The first kappa shape index (κ1) is 72.9. The second kappa shape index (κ2) is 31.5. The van der Waals surface area contributed by atoms with Crippen molar-refractivity contribution >= 4 is 57.5 Å². The molecule has 26 heteroatoms. The van der Waals surface area contributed by atoms with Crippen molar-refractivity contribution in [3.05, 3.63) is 171 Å². The van der Waals surface area contributed by atoms with Crippen molar-refractivity contribution in [2.24, 2.45) is 0 Å². The summed E-state index contributed by atoms with van der Waals surface area (Å²) in [7, 11) is 0. The molecule has 3 aromatic carbocycles. The molecule has 500 valence electrons. The molecule has 8 atom stereocenters. The first-order chi connectivity index (χ1) is 43.3. The van der Waals surface area contributed by atoms with Gasteiger partial charge < -0.3 is 43.6 Å². The molecule has 92 heavy (non-hydrogen) atoms. The number of hydrogen-bond donors (Lipinski definition) is 6. The Morgan fingerprint density at radius 1 is 0.522 bits per heavy atom. The zero-order valence-corrected chi connectivity index (χ0v) is 54.2. The normalized spacial score (nSPS) is 21.0. The number of rotatable bonds is 23. The highest BCUT2D eigenvalue weighted by molar-refractivity contribution is 7.82. The van der Waals surface area contributed by atoms with E-state index in [0.29, 0.717) is 84.7 Å². The van der Waals surface area contributed by atoms with Crippen molar-refractivity contribution in [3.8, 4) is 11.8 Å². The van der Waals surface area contributed by atoms with Crippen molar-refractivity contribution in [2.45, 2.75) is 186 Å². The Morgan fingerprint density at radius 2 is 0.837 bits per heavy atom. The van der Waals surface area contributed by atoms with Crippen LogP contribution >= 0.6 is 0 Å². The van der Waals surface area contributed by atoms with E-state index in [4.69, 9.17) is 28.3 Å². The topological polar surface area (TPSA) is 268 Å². The van der Waals surface area contributed by atoms with Gasteiger partial charge in [0.15, 0.2) is 0 Å². The van der Waals surface area contributed by atoms with Crippen molar-refractivity contribution in [1.29, 1.82) is 0 Å². The number of hydrogen-bond acceptors (Lipinski definition) is 16. The van der Waals surface area contributed by atoms with Gasteiger partial charge in [0.25, 0.3) is 0 Å². The van der Waals surface area contributed by atoms with Crippen molar-refractivity contribution in [2.75, 3.05) is 15.2 Å². The fraction of sp³-hybridized carbons (Fsp3) is 0.439. The van der Waals surface area contributed by atoms with Crippen molar-refractivity contribution in [3.63, 3.8) is 0 Å². The van der Waals surface area contributed by atoms with Crippen LogP contribution in [0.4, 0.5) is 43.4 Å². The van der Waals surface area contributed by atoms with Gasteiger partial charge in [-0.25, -0.2) is 24.4 Å². The SMILES string of the molecule is CCCC1(C)CC(O)=C(C(CC)c2cccc(N)c2)C(=O)O1.CCCC1(C)CC(O)=C(C(CC)c2cccc(NS(=O)Oc3ccc(C(F)(F)F)cn3)c2)C(=O)O1.CCCC1(C)CC(O)=C([C@@H](CC)c2cccc(NS(=O)Oc3ccc(C(F)(F)F)cn3)c2)C(=O)O1. The van der Waals surface area contributed by atoms with E-state index in [0.717, 1.165) is 55.5 Å². The summed E-state index contributed by atoms with van der Waals surface area (Å²) in [4.78, 5) is 45.2. The molecule has 0 bridgehead atoms. The first-order valence-corrected chi connectivity index (χ1v) is 32.3. The Balaban J connectivity index is 0.000000225. The number of halogens is 6. The summed E-state index contributed by atoms with van der Waals surface area (Å²) in [6.07, 6.45) is -0.855. The molecular formula is C66H79F6N5O13S2. The number of benzene rings is 3. The maximum atomic E-state index is 12.8. The van der Waals surface area contributed by atoms with E-state index in [1.54, 1.807) is 62.4 Å². The molecular weight excluding hydrogens is 1250 g/mol. The predicted molar refractivity (Wildman–Crippen MR) is 337 cm³/mol. The molecule has 0 radical (unpaired) electrons. The number of nitrogens with two attached hydrogens (primary N) is 1. The number of ether oxygens (including phenoxy) is 3. The number of alkyl halides is 6. The molecule has 8 rings (SSSR count). The molecule has 0 amide bonds. The lowest BCUT2D eigenvalue weighted by molar-refractivity contribution is -0.159. The fourth-order valence-electron chi connectivity index (χ4n) is 11.5. The van der Waals surface area contributed by atoms with Crippen LogP contribution in [0.15, 0.2) is 143 Å². The molecule has 3 aliphatic heterocycles. The van der Waals surface area contributed by atoms with Gasteiger partial charge in [-0.2, -0.15) is 34.8 Å². The van der Waals surface area contributed by atoms with E-state index in [-0.39, 0.29) is 58.9 Å². The van der Waals surface area contributed by atoms with Crippen LogP contribution in [-0.4, -0.2) is 68.4 Å². The first-order valence-electron chi connectivity index (χ1n) is 30.1. The number of nitrogens with one attached hydrogen (secondary N) is 2. The zero-order chi connectivity index (χ0) is 67.9. The van der Waals surface area contributed by atoms with Gasteiger partial charge in [0.1, 0.15) is 34.1 Å². The highest BCUT2D eigenvalue weighted by atomic mass is 32.2. The maximum Gasteiger partial charge on any atom is 0.417 e. The third-order valence-electron chi connectivity index (χ3n) is 15.6. The third kappa shape index (κ3) is 19.5. The van der Waals surface area contributed by atoms with Gasteiger partial charge in [-0.1, -0.05) is 97.2 Å². The number of cyclic esters (lactones) is 3. The Kier molecular flexibility index (Phi) is 24.9. The number of nitrogens with zero attached hydrogens (tertiary/aromatic N) is 2. The van der Waals surface area contributed by atoms with E-state index in [9.17, 15) is 64.5 Å². The summed E-state index contributed by atoms with van der Waals surface area (Å²) in [5.41, 5.74) is 6.32. The molecule has 2 aromatic heterocycles. The summed E-state index contributed by atoms with van der Waals surface area (Å²) in [5, 5.41) is 31.9. The van der Waals surface area contributed by atoms with E-state index in [1.165, 1.54) is 0 Å². The van der Waals surface area contributed by atoms with Crippen LogP contribution in [0.5, 0.6) is 11.8 Å². The second-order valence-electron chi connectivity index (χ2n) is 23.3. The lowest BCUT2D eigenvalue weighted by Crippen LogP contribution is -2.38. The van der Waals surface area contributed by atoms with Crippen LogP contribution < -0.4 is 23.5 Å². The van der Waals surface area contributed by atoms with Gasteiger partial charge in [-0.3, -0.25) is 9.44 Å². The second-order valence-corrected chi connectivity index (χ2v) is 25.0. The van der Waals surface area contributed by atoms with Crippen LogP contribution in [0, 0.1) is 0 Å². The fourth-order valence-corrected chi connectivity index (χ4v) is 12.7. The predicted octanol–water partition coefficient (Wildman–Crippen LogP) is 16.0. The van der Waals surface area contributed by atoms with Gasteiger partial charge in [0.05, 0.1) is 27.8 Å². The third-order valence-corrected chi connectivity index (χ3v) is 17.0. The number of aliphatic hydroxyl groups excluding tert-OH is 3. The highest BCUT2D eigenvalue weighted by Crippen LogP contribution is 2.44. The maximum absolute atomic E-state index is 12.8. The number of esters is 3. The molecule has 5 aromatic rings. The molecule has 3 aliphatic rings.